The zero-order valence-corrected chi connectivity index (χ0v) is 12.2. The maximum atomic E-state index is 9.54. The first kappa shape index (κ1) is 17.7. The summed E-state index contributed by atoms with van der Waals surface area (Å²) in [6, 6.07) is -0.0828. The van der Waals surface area contributed by atoms with Crippen molar-refractivity contribution in [2.45, 2.75) is 89.7 Å². The van der Waals surface area contributed by atoms with E-state index in [2.05, 4.69) is 6.58 Å². The fourth-order valence-corrected chi connectivity index (χ4v) is 2.14. The van der Waals surface area contributed by atoms with Crippen molar-refractivity contribution in [2.75, 3.05) is 0 Å². The van der Waals surface area contributed by atoms with Crippen LogP contribution in [-0.2, 0) is 0 Å². The van der Waals surface area contributed by atoms with Gasteiger partial charge >= 0.3 is 0 Å². The van der Waals surface area contributed by atoms with E-state index >= 15 is 0 Å². The lowest BCUT2D eigenvalue weighted by molar-refractivity contribution is 0.138. The van der Waals surface area contributed by atoms with Crippen molar-refractivity contribution in [1.29, 1.82) is 0 Å². The number of unbranched alkanes of at least 4 members (excludes halogenated alkanes) is 9. The Kier molecular flexibility index (Phi) is 12.9. The van der Waals surface area contributed by atoms with Crippen molar-refractivity contribution in [3.05, 3.63) is 12.7 Å². The van der Waals surface area contributed by atoms with Crippen LogP contribution in [0.2, 0.25) is 0 Å². The van der Waals surface area contributed by atoms with Crippen LogP contribution in [0.25, 0.3) is 0 Å². The first-order valence-electron chi connectivity index (χ1n) is 7.73. The summed E-state index contributed by atoms with van der Waals surface area (Å²) in [5.74, 6) is 0. The highest BCUT2D eigenvalue weighted by molar-refractivity contribution is 4.66. The van der Waals surface area contributed by atoms with Crippen LogP contribution in [0.1, 0.15) is 77.6 Å². The molecule has 3 N–H and O–H groups in total. The number of aliphatic hydroxyl groups is 1. The Morgan fingerprint density at radius 3 is 1.83 bits per heavy atom. The van der Waals surface area contributed by atoms with Crippen LogP contribution in [-0.4, -0.2) is 17.3 Å². The Balaban J connectivity index is 3.05. The monoisotopic (exact) mass is 255 g/mol. The molecule has 0 saturated heterocycles. The van der Waals surface area contributed by atoms with E-state index in [-0.39, 0.29) is 12.1 Å². The summed E-state index contributed by atoms with van der Waals surface area (Å²) in [4.78, 5) is 0. The molecule has 0 aliphatic rings. The molecule has 0 rings (SSSR count). The van der Waals surface area contributed by atoms with Crippen molar-refractivity contribution in [2.24, 2.45) is 5.73 Å². The van der Waals surface area contributed by atoms with E-state index in [9.17, 15) is 5.11 Å². The zero-order valence-electron chi connectivity index (χ0n) is 12.2. The summed E-state index contributed by atoms with van der Waals surface area (Å²) in [7, 11) is 0. The van der Waals surface area contributed by atoms with Gasteiger partial charge in [0.2, 0.25) is 0 Å². The third kappa shape index (κ3) is 12.1. The summed E-state index contributed by atoms with van der Waals surface area (Å²) < 4.78 is 0. The average molecular weight is 255 g/mol. The second-order valence-electron chi connectivity index (χ2n) is 5.47. The third-order valence-electron chi connectivity index (χ3n) is 3.52. The maximum Gasteiger partial charge on any atom is 0.0688 e. The Morgan fingerprint density at radius 1 is 0.944 bits per heavy atom. The zero-order chi connectivity index (χ0) is 13.6. The lowest BCUT2D eigenvalue weighted by atomic mass is 10.0. The van der Waals surface area contributed by atoms with Gasteiger partial charge in [0.05, 0.1) is 6.10 Å². The fraction of sp³-hybridized carbons (Fsp3) is 0.875. The molecule has 0 aromatic carbocycles. The molecule has 0 amide bonds. The molecule has 18 heavy (non-hydrogen) atoms. The van der Waals surface area contributed by atoms with Crippen molar-refractivity contribution in [3.8, 4) is 0 Å². The minimum Gasteiger partial charge on any atom is -0.392 e. The lowest BCUT2D eigenvalue weighted by Crippen LogP contribution is -2.31. The van der Waals surface area contributed by atoms with E-state index in [0.29, 0.717) is 0 Å². The molecular formula is C16H33NO. The minimum absolute atomic E-state index is 0.0828. The number of hydrogen-bond acceptors (Lipinski definition) is 2. The molecule has 0 aromatic rings. The van der Waals surface area contributed by atoms with E-state index < -0.39 is 0 Å². The Hall–Kier alpha value is -0.340. The topological polar surface area (TPSA) is 46.2 Å². The van der Waals surface area contributed by atoms with Gasteiger partial charge in [-0.1, -0.05) is 57.4 Å². The second-order valence-corrected chi connectivity index (χ2v) is 5.47. The molecule has 0 radical (unpaired) electrons. The summed E-state index contributed by atoms with van der Waals surface area (Å²) in [5.41, 5.74) is 5.61. The second kappa shape index (κ2) is 13.1. The quantitative estimate of drug-likeness (QED) is 0.383. The van der Waals surface area contributed by atoms with Gasteiger partial charge in [0, 0.05) is 6.04 Å². The minimum atomic E-state index is -0.310. The third-order valence-corrected chi connectivity index (χ3v) is 3.52. The average Bonchev–Trinajstić information content (AvgIpc) is 2.35. The Bertz CT molecular complexity index is 180. The molecule has 0 aliphatic heterocycles. The van der Waals surface area contributed by atoms with Crippen molar-refractivity contribution in [1.82, 2.24) is 0 Å². The number of allylic oxidation sites excluding steroid dienone is 1. The predicted octanol–water partition coefficient (Wildman–Crippen LogP) is 4.17. The molecule has 0 heterocycles. The van der Waals surface area contributed by atoms with Gasteiger partial charge in [0.1, 0.15) is 0 Å². The highest BCUT2D eigenvalue weighted by Crippen LogP contribution is 2.12. The number of rotatable bonds is 13. The SMILES string of the molecule is C=CCCCCCCCCCCCC(O)C(C)N. The smallest absolute Gasteiger partial charge is 0.0688 e. The van der Waals surface area contributed by atoms with Gasteiger partial charge in [-0.2, -0.15) is 0 Å². The predicted molar refractivity (Wildman–Crippen MR) is 80.6 cm³/mol. The van der Waals surface area contributed by atoms with Crippen LogP contribution in [0.3, 0.4) is 0 Å². The molecule has 0 fully saturated rings. The van der Waals surface area contributed by atoms with Crippen LogP contribution in [0, 0.1) is 0 Å². The van der Waals surface area contributed by atoms with Crippen LogP contribution >= 0.6 is 0 Å². The summed E-state index contributed by atoms with van der Waals surface area (Å²) in [5, 5.41) is 9.54. The number of hydrogen-bond donors (Lipinski definition) is 2. The van der Waals surface area contributed by atoms with Gasteiger partial charge < -0.3 is 10.8 Å². The molecule has 0 saturated carbocycles. The van der Waals surface area contributed by atoms with Gasteiger partial charge in [-0.15, -0.1) is 6.58 Å². The molecule has 0 aromatic heterocycles. The van der Waals surface area contributed by atoms with Crippen LogP contribution < -0.4 is 5.73 Å². The summed E-state index contributed by atoms with van der Waals surface area (Å²) in [6.45, 7) is 5.61. The largest absolute Gasteiger partial charge is 0.392 e. The van der Waals surface area contributed by atoms with E-state index in [4.69, 9.17) is 5.73 Å². The Morgan fingerprint density at radius 2 is 1.39 bits per heavy atom. The molecule has 0 spiro atoms. The summed E-state index contributed by atoms with van der Waals surface area (Å²) >= 11 is 0. The van der Waals surface area contributed by atoms with Crippen LogP contribution in [0.5, 0.6) is 0 Å². The van der Waals surface area contributed by atoms with Gasteiger partial charge in [0.25, 0.3) is 0 Å². The lowest BCUT2D eigenvalue weighted by Gasteiger charge is -2.13. The molecule has 108 valence electrons. The van der Waals surface area contributed by atoms with Gasteiger partial charge in [0.15, 0.2) is 0 Å². The van der Waals surface area contributed by atoms with E-state index in [0.717, 1.165) is 12.8 Å². The van der Waals surface area contributed by atoms with Gasteiger partial charge in [-0.05, 0) is 26.2 Å². The van der Waals surface area contributed by atoms with Crippen LogP contribution in [0.4, 0.5) is 0 Å². The normalized spacial score (nSPS) is 14.4. The van der Waals surface area contributed by atoms with Gasteiger partial charge in [-0.25, -0.2) is 0 Å². The highest BCUT2D eigenvalue weighted by Gasteiger charge is 2.07. The highest BCUT2D eigenvalue weighted by atomic mass is 16.3. The van der Waals surface area contributed by atoms with Crippen molar-refractivity contribution >= 4 is 0 Å². The van der Waals surface area contributed by atoms with E-state index in [1.54, 1.807) is 0 Å². The number of aliphatic hydroxyl groups excluding tert-OH is 1. The molecule has 0 aliphatic carbocycles. The molecule has 2 atom stereocenters. The summed E-state index contributed by atoms with van der Waals surface area (Å²) in [6.07, 6.45) is 15.5. The standard InChI is InChI=1S/C16H33NO/c1-3-4-5-6-7-8-9-10-11-12-13-14-16(18)15(2)17/h3,15-16,18H,1,4-14,17H2,2H3. The molecule has 0 bridgehead atoms. The van der Waals surface area contributed by atoms with E-state index in [1.165, 1.54) is 57.8 Å². The molecule has 2 unspecified atom stereocenters. The maximum absolute atomic E-state index is 9.54. The van der Waals surface area contributed by atoms with Crippen molar-refractivity contribution in [3.63, 3.8) is 0 Å². The molecule has 2 nitrogen and oxygen atoms in total. The van der Waals surface area contributed by atoms with Crippen molar-refractivity contribution < 1.29 is 5.11 Å². The van der Waals surface area contributed by atoms with E-state index in [1.807, 2.05) is 13.0 Å². The molecule has 2 heteroatoms. The first-order valence-corrected chi connectivity index (χ1v) is 7.73. The Labute approximate surface area is 114 Å². The first-order chi connectivity index (χ1) is 8.68. The van der Waals surface area contributed by atoms with Crippen LogP contribution in [0.15, 0.2) is 12.7 Å². The fourth-order valence-electron chi connectivity index (χ4n) is 2.14. The molecular weight excluding hydrogens is 222 g/mol. The van der Waals surface area contributed by atoms with Gasteiger partial charge in [-0.3, -0.25) is 0 Å². The number of nitrogens with two attached hydrogens (primary N) is 1.